The summed E-state index contributed by atoms with van der Waals surface area (Å²) in [5.74, 6) is 1.43. The Morgan fingerprint density at radius 1 is 1.00 bits per heavy atom. The van der Waals surface area contributed by atoms with Crippen molar-refractivity contribution in [2.24, 2.45) is 0 Å². The Hall–Kier alpha value is -2.80. The van der Waals surface area contributed by atoms with Crippen molar-refractivity contribution in [3.05, 3.63) is 42.9 Å². The van der Waals surface area contributed by atoms with Crippen LogP contribution < -0.4 is 15.5 Å². The summed E-state index contributed by atoms with van der Waals surface area (Å²) in [4.78, 5) is 19.7. The first-order chi connectivity index (χ1) is 11.4. The van der Waals surface area contributed by atoms with Crippen LogP contribution >= 0.6 is 0 Å². The van der Waals surface area contributed by atoms with Crippen LogP contribution in [0.5, 0.6) is 0 Å². The molecule has 0 unspecified atom stereocenters. The summed E-state index contributed by atoms with van der Waals surface area (Å²) >= 11 is 0. The predicted octanol–water partition coefficient (Wildman–Crippen LogP) is 1.57. The highest BCUT2D eigenvalue weighted by Crippen LogP contribution is 2.20. The molecule has 0 atom stereocenters. The van der Waals surface area contributed by atoms with Gasteiger partial charge in [-0.1, -0.05) is 0 Å². The highest BCUT2D eigenvalue weighted by molar-refractivity contribution is 5.72. The molecule has 0 spiro atoms. The Kier molecular flexibility index (Phi) is 3.69. The van der Waals surface area contributed by atoms with E-state index in [-0.39, 0.29) is 0 Å². The van der Waals surface area contributed by atoms with Gasteiger partial charge in [0.25, 0.3) is 0 Å². The van der Waals surface area contributed by atoms with Crippen LogP contribution in [0.4, 0.5) is 17.3 Å². The van der Waals surface area contributed by atoms with E-state index in [4.69, 9.17) is 0 Å². The molecule has 1 fully saturated rings. The van der Waals surface area contributed by atoms with Gasteiger partial charge in [-0.05, 0) is 18.2 Å². The van der Waals surface area contributed by atoms with Gasteiger partial charge in [-0.15, -0.1) is 0 Å². The second kappa shape index (κ2) is 6.13. The van der Waals surface area contributed by atoms with E-state index in [1.165, 1.54) is 5.69 Å². The van der Waals surface area contributed by atoms with E-state index in [1.54, 1.807) is 12.4 Å². The SMILES string of the molecule is c1cnc2ncc(Nc3cc(N4CCNCC4)ccn3)nc2c1. The van der Waals surface area contributed by atoms with E-state index < -0.39 is 0 Å². The zero-order valence-corrected chi connectivity index (χ0v) is 12.6. The van der Waals surface area contributed by atoms with E-state index >= 15 is 0 Å². The van der Waals surface area contributed by atoms with Gasteiger partial charge < -0.3 is 15.5 Å². The minimum absolute atomic E-state index is 0.639. The normalized spacial score (nSPS) is 14.9. The lowest BCUT2D eigenvalue weighted by atomic mass is 10.3. The second-order valence-electron chi connectivity index (χ2n) is 5.36. The number of pyridine rings is 2. The monoisotopic (exact) mass is 307 g/mol. The molecule has 0 amide bonds. The first-order valence-electron chi connectivity index (χ1n) is 7.65. The van der Waals surface area contributed by atoms with E-state index in [2.05, 4.69) is 35.5 Å². The quantitative estimate of drug-likeness (QED) is 0.760. The summed E-state index contributed by atoms with van der Waals surface area (Å²) in [5.41, 5.74) is 2.57. The maximum atomic E-state index is 4.51. The van der Waals surface area contributed by atoms with Crippen molar-refractivity contribution in [3.8, 4) is 0 Å². The largest absolute Gasteiger partial charge is 0.369 e. The zero-order valence-electron chi connectivity index (χ0n) is 12.6. The third-order valence-corrected chi connectivity index (χ3v) is 3.80. The summed E-state index contributed by atoms with van der Waals surface area (Å²) in [6.07, 6.45) is 5.20. The smallest absolute Gasteiger partial charge is 0.178 e. The summed E-state index contributed by atoms with van der Waals surface area (Å²) in [5, 5.41) is 6.58. The van der Waals surface area contributed by atoms with Crippen molar-refractivity contribution in [2.45, 2.75) is 0 Å². The molecule has 0 aromatic carbocycles. The number of nitrogens with one attached hydrogen (secondary N) is 2. The number of aromatic nitrogens is 4. The van der Waals surface area contributed by atoms with E-state index in [0.29, 0.717) is 11.5 Å². The van der Waals surface area contributed by atoms with Crippen molar-refractivity contribution in [3.63, 3.8) is 0 Å². The Morgan fingerprint density at radius 2 is 1.91 bits per heavy atom. The molecule has 4 rings (SSSR count). The van der Waals surface area contributed by atoms with E-state index in [9.17, 15) is 0 Å². The van der Waals surface area contributed by atoms with Crippen LogP contribution in [0, 0.1) is 0 Å². The third kappa shape index (κ3) is 3.04. The number of hydrogen-bond acceptors (Lipinski definition) is 7. The molecule has 1 aliphatic rings. The van der Waals surface area contributed by atoms with Gasteiger partial charge in [0, 0.05) is 50.3 Å². The van der Waals surface area contributed by atoms with Crippen LogP contribution in [0.1, 0.15) is 0 Å². The van der Waals surface area contributed by atoms with Gasteiger partial charge in [-0.3, -0.25) is 0 Å². The van der Waals surface area contributed by atoms with Crippen LogP contribution in [-0.4, -0.2) is 46.1 Å². The van der Waals surface area contributed by atoms with Crippen LogP contribution in [-0.2, 0) is 0 Å². The van der Waals surface area contributed by atoms with Crippen molar-refractivity contribution in [2.75, 3.05) is 36.4 Å². The summed E-state index contributed by atoms with van der Waals surface area (Å²) in [6.45, 7) is 4.03. The number of anilines is 3. The maximum Gasteiger partial charge on any atom is 0.178 e. The molecule has 2 N–H and O–H groups in total. The van der Waals surface area contributed by atoms with Crippen molar-refractivity contribution in [1.29, 1.82) is 0 Å². The highest BCUT2D eigenvalue weighted by atomic mass is 15.2. The number of fused-ring (bicyclic) bond motifs is 1. The molecule has 7 nitrogen and oxygen atoms in total. The fourth-order valence-corrected chi connectivity index (χ4v) is 2.66. The molecule has 7 heteroatoms. The fourth-order valence-electron chi connectivity index (χ4n) is 2.66. The number of piperazine rings is 1. The highest BCUT2D eigenvalue weighted by Gasteiger charge is 2.11. The molecule has 0 aliphatic carbocycles. The minimum atomic E-state index is 0.639. The molecule has 0 radical (unpaired) electrons. The van der Waals surface area contributed by atoms with Gasteiger partial charge in [0.2, 0.25) is 0 Å². The molecule has 1 saturated heterocycles. The lowest BCUT2D eigenvalue weighted by molar-refractivity contribution is 0.589. The van der Waals surface area contributed by atoms with Crippen LogP contribution in [0.2, 0.25) is 0 Å². The fraction of sp³-hybridized carbons (Fsp3) is 0.250. The van der Waals surface area contributed by atoms with Gasteiger partial charge in [-0.25, -0.2) is 19.9 Å². The van der Waals surface area contributed by atoms with Gasteiger partial charge in [0.15, 0.2) is 11.5 Å². The average molecular weight is 307 g/mol. The molecular weight excluding hydrogens is 290 g/mol. The topological polar surface area (TPSA) is 78.9 Å². The number of nitrogens with zero attached hydrogens (tertiary/aromatic N) is 5. The predicted molar refractivity (Wildman–Crippen MR) is 89.9 cm³/mol. The standard InChI is InChI=1S/C16H17N7/c1-2-13-16(19-4-1)20-11-15(21-13)22-14-10-12(3-5-18-14)23-8-6-17-7-9-23/h1-5,10-11,17H,6-9H2,(H,18,21,22). The Balaban J connectivity index is 1.57. The molecule has 116 valence electrons. The Morgan fingerprint density at radius 3 is 2.83 bits per heavy atom. The molecular formula is C16H17N7. The summed E-state index contributed by atoms with van der Waals surface area (Å²) in [7, 11) is 0. The molecule has 0 saturated carbocycles. The third-order valence-electron chi connectivity index (χ3n) is 3.80. The van der Waals surface area contributed by atoms with Crippen LogP contribution in [0.3, 0.4) is 0 Å². The van der Waals surface area contributed by atoms with E-state index in [1.807, 2.05) is 30.5 Å². The second-order valence-corrected chi connectivity index (χ2v) is 5.36. The van der Waals surface area contributed by atoms with Crippen LogP contribution in [0.25, 0.3) is 11.2 Å². The van der Waals surface area contributed by atoms with Crippen molar-refractivity contribution >= 4 is 28.5 Å². The average Bonchev–Trinajstić information content (AvgIpc) is 2.63. The lowest BCUT2D eigenvalue weighted by Crippen LogP contribution is -2.43. The van der Waals surface area contributed by atoms with Gasteiger partial charge in [-0.2, -0.15) is 0 Å². The lowest BCUT2D eigenvalue weighted by Gasteiger charge is -2.29. The van der Waals surface area contributed by atoms with Crippen LogP contribution in [0.15, 0.2) is 42.9 Å². The molecule has 3 aromatic heterocycles. The number of hydrogen-bond donors (Lipinski definition) is 2. The van der Waals surface area contributed by atoms with Crippen molar-refractivity contribution in [1.82, 2.24) is 25.3 Å². The first-order valence-corrected chi connectivity index (χ1v) is 7.65. The summed E-state index contributed by atoms with van der Waals surface area (Å²) in [6, 6.07) is 7.82. The number of rotatable bonds is 3. The first kappa shape index (κ1) is 13.8. The molecule has 4 heterocycles. The van der Waals surface area contributed by atoms with Crippen molar-refractivity contribution < 1.29 is 0 Å². The van der Waals surface area contributed by atoms with Gasteiger partial charge >= 0.3 is 0 Å². The van der Waals surface area contributed by atoms with Gasteiger partial charge in [0.1, 0.15) is 11.3 Å². The zero-order chi connectivity index (χ0) is 15.5. The van der Waals surface area contributed by atoms with E-state index in [0.717, 1.165) is 37.5 Å². The molecule has 1 aliphatic heterocycles. The molecule has 23 heavy (non-hydrogen) atoms. The maximum absolute atomic E-state index is 4.51. The Labute approximate surface area is 133 Å². The molecule has 0 bridgehead atoms. The minimum Gasteiger partial charge on any atom is -0.369 e. The van der Waals surface area contributed by atoms with Gasteiger partial charge in [0.05, 0.1) is 6.20 Å². The Bertz CT molecular complexity index is 814. The summed E-state index contributed by atoms with van der Waals surface area (Å²) < 4.78 is 0. The molecule has 3 aromatic rings.